The number of nitrogens with zero attached hydrogens (tertiary/aromatic N) is 2. The maximum atomic E-state index is 13.7. The summed E-state index contributed by atoms with van der Waals surface area (Å²) in [5, 5.41) is 2.85. The third kappa shape index (κ3) is 4.91. The molecule has 0 spiro atoms. The van der Waals surface area contributed by atoms with Crippen LogP contribution in [0.5, 0.6) is 5.75 Å². The van der Waals surface area contributed by atoms with Gasteiger partial charge in [-0.05, 0) is 45.7 Å². The minimum absolute atomic E-state index is 0.0355. The minimum Gasteiger partial charge on any atom is -0.497 e. The number of methoxy groups -OCH3 is 1. The number of ether oxygens (including phenoxy) is 2. The van der Waals surface area contributed by atoms with Gasteiger partial charge in [-0.1, -0.05) is 6.07 Å². The molecule has 1 aromatic carbocycles. The Morgan fingerprint density at radius 1 is 1.21 bits per heavy atom. The number of hydrogen-bond acceptors (Lipinski definition) is 6. The van der Waals surface area contributed by atoms with Crippen LogP contribution in [0.2, 0.25) is 0 Å². The molecule has 1 fully saturated rings. The van der Waals surface area contributed by atoms with E-state index < -0.39 is 21.9 Å². The molecule has 0 unspecified atom stereocenters. The van der Waals surface area contributed by atoms with Crippen LogP contribution in [-0.4, -0.2) is 56.0 Å². The SMILES string of the molecule is CCOC(=O)c1c(S(=O)(=O)N2CCC[C@H](C(=O)Nc3cccc(OC)c3)C2)c(C)n(C)c1C. The Hall–Kier alpha value is -2.85. The van der Waals surface area contributed by atoms with Crippen molar-refractivity contribution >= 4 is 27.6 Å². The molecule has 3 rings (SSSR count). The first kappa shape index (κ1) is 24.8. The van der Waals surface area contributed by atoms with E-state index in [4.69, 9.17) is 9.47 Å². The van der Waals surface area contributed by atoms with E-state index in [-0.39, 0.29) is 36.1 Å². The van der Waals surface area contributed by atoms with E-state index in [9.17, 15) is 18.0 Å². The smallest absolute Gasteiger partial charge is 0.341 e. The van der Waals surface area contributed by atoms with Gasteiger partial charge < -0.3 is 19.4 Å². The van der Waals surface area contributed by atoms with Crippen LogP contribution < -0.4 is 10.1 Å². The summed E-state index contributed by atoms with van der Waals surface area (Å²) >= 11 is 0. The molecule has 1 aliphatic rings. The van der Waals surface area contributed by atoms with Crippen molar-refractivity contribution < 1.29 is 27.5 Å². The predicted octanol–water partition coefficient (Wildman–Crippen LogP) is 2.87. The average molecular weight is 478 g/mol. The first-order chi connectivity index (χ1) is 15.6. The van der Waals surface area contributed by atoms with Crippen molar-refractivity contribution in [3.05, 3.63) is 41.2 Å². The van der Waals surface area contributed by atoms with E-state index in [1.807, 2.05) is 0 Å². The lowest BCUT2D eigenvalue weighted by atomic mass is 9.98. The summed E-state index contributed by atoms with van der Waals surface area (Å²) in [7, 11) is -0.767. The number of piperidine rings is 1. The van der Waals surface area contributed by atoms with E-state index in [0.717, 1.165) is 0 Å². The number of sulfonamides is 1. The molecule has 1 aliphatic heterocycles. The third-order valence-electron chi connectivity index (χ3n) is 6.09. The summed E-state index contributed by atoms with van der Waals surface area (Å²) in [6, 6.07) is 7.00. The fourth-order valence-corrected chi connectivity index (χ4v) is 6.13. The molecule has 1 aromatic heterocycles. The highest BCUT2D eigenvalue weighted by Crippen LogP contribution is 2.32. The van der Waals surface area contributed by atoms with Crippen LogP contribution in [0, 0.1) is 19.8 Å². The van der Waals surface area contributed by atoms with E-state index in [0.29, 0.717) is 35.7 Å². The van der Waals surface area contributed by atoms with Gasteiger partial charge in [0.05, 0.1) is 19.6 Å². The van der Waals surface area contributed by atoms with E-state index in [1.54, 1.807) is 63.8 Å². The van der Waals surface area contributed by atoms with Crippen molar-refractivity contribution in [2.75, 3.05) is 32.1 Å². The van der Waals surface area contributed by atoms with Gasteiger partial charge in [0.1, 0.15) is 16.2 Å². The van der Waals surface area contributed by atoms with Gasteiger partial charge in [-0.25, -0.2) is 13.2 Å². The summed E-state index contributed by atoms with van der Waals surface area (Å²) in [6.07, 6.45) is 1.11. The Bertz CT molecular complexity index is 1160. The van der Waals surface area contributed by atoms with E-state index >= 15 is 0 Å². The number of nitrogens with one attached hydrogen (secondary N) is 1. The predicted molar refractivity (Wildman–Crippen MR) is 124 cm³/mol. The van der Waals surface area contributed by atoms with Gasteiger partial charge in [0.25, 0.3) is 0 Å². The molecule has 33 heavy (non-hydrogen) atoms. The zero-order valence-electron chi connectivity index (χ0n) is 19.7. The third-order valence-corrected chi connectivity index (χ3v) is 8.12. The second-order valence-electron chi connectivity index (χ2n) is 8.08. The summed E-state index contributed by atoms with van der Waals surface area (Å²) in [4.78, 5) is 25.5. The van der Waals surface area contributed by atoms with Crippen LogP contribution in [0.4, 0.5) is 5.69 Å². The minimum atomic E-state index is -4.03. The highest BCUT2D eigenvalue weighted by molar-refractivity contribution is 7.89. The molecular formula is C23H31N3O6S. The lowest BCUT2D eigenvalue weighted by Gasteiger charge is -2.31. The first-order valence-corrected chi connectivity index (χ1v) is 12.3. The first-order valence-electron chi connectivity index (χ1n) is 10.9. The Balaban J connectivity index is 1.87. The molecule has 10 heteroatoms. The fourth-order valence-electron chi connectivity index (χ4n) is 4.13. The van der Waals surface area contributed by atoms with Gasteiger partial charge in [0.2, 0.25) is 15.9 Å². The van der Waals surface area contributed by atoms with Crippen LogP contribution in [0.1, 0.15) is 41.5 Å². The molecule has 2 heterocycles. The van der Waals surface area contributed by atoms with Crippen molar-refractivity contribution in [1.82, 2.24) is 8.87 Å². The van der Waals surface area contributed by atoms with Gasteiger partial charge in [-0.2, -0.15) is 4.31 Å². The van der Waals surface area contributed by atoms with Crippen LogP contribution in [0.25, 0.3) is 0 Å². The van der Waals surface area contributed by atoms with Crippen molar-refractivity contribution in [2.45, 2.75) is 38.5 Å². The van der Waals surface area contributed by atoms with E-state index in [1.165, 1.54) is 4.31 Å². The maximum Gasteiger partial charge on any atom is 0.341 e. The van der Waals surface area contributed by atoms with Crippen LogP contribution >= 0.6 is 0 Å². The van der Waals surface area contributed by atoms with Gasteiger partial charge >= 0.3 is 5.97 Å². The topological polar surface area (TPSA) is 107 Å². The normalized spacial score (nSPS) is 16.9. The molecule has 0 bridgehead atoms. The Morgan fingerprint density at radius 2 is 1.94 bits per heavy atom. The lowest BCUT2D eigenvalue weighted by molar-refractivity contribution is -0.120. The average Bonchev–Trinajstić information content (AvgIpc) is 3.04. The van der Waals surface area contributed by atoms with Crippen molar-refractivity contribution in [1.29, 1.82) is 0 Å². The van der Waals surface area contributed by atoms with Crippen molar-refractivity contribution in [3.63, 3.8) is 0 Å². The summed E-state index contributed by atoms with van der Waals surface area (Å²) < 4.78 is 40.6. The standard InChI is InChI=1S/C23H31N3O6S/c1-6-32-23(28)20-15(2)25(4)16(3)21(20)33(29,30)26-12-8-9-17(14-26)22(27)24-18-10-7-11-19(13-18)31-5/h7,10-11,13,17H,6,8-9,12,14H2,1-5H3,(H,24,27)/t17-/m0/s1. The number of carbonyl (C=O) groups is 2. The summed E-state index contributed by atoms with van der Waals surface area (Å²) in [5.41, 5.74) is 1.62. The number of aromatic nitrogens is 1. The fraction of sp³-hybridized carbons (Fsp3) is 0.478. The monoisotopic (exact) mass is 477 g/mol. The second-order valence-corrected chi connectivity index (χ2v) is 9.95. The van der Waals surface area contributed by atoms with Gasteiger partial charge in [0, 0.05) is 43.3 Å². The molecule has 0 saturated carbocycles. The summed E-state index contributed by atoms with van der Waals surface area (Å²) in [5.74, 6) is -0.825. The largest absolute Gasteiger partial charge is 0.497 e. The zero-order valence-corrected chi connectivity index (χ0v) is 20.5. The maximum absolute atomic E-state index is 13.7. The van der Waals surface area contributed by atoms with E-state index in [2.05, 4.69) is 5.32 Å². The van der Waals surface area contributed by atoms with Gasteiger partial charge in [-0.15, -0.1) is 0 Å². The van der Waals surface area contributed by atoms with Crippen molar-refractivity contribution in [2.24, 2.45) is 13.0 Å². The van der Waals surface area contributed by atoms with Crippen LogP contribution in [0.15, 0.2) is 29.2 Å². The number of esters is 1. The molecule has 1 saturated heterocycles. The molecule has 1 atom stereocenters. The highest BCUT2D eigenvalue weighted by Gasteiger charge is 2.39. The van der Waals surface area contributed by atoms with Gasteiger partial charge in [-0.3, -0.25) is 4.79 Å². The summed E-state index contributed by atoms with van der Waals surface area (Å²) in [6.45, 7) is 5.49. The van der Waals surface area contributed by atoms with Crippen LogP contribution in [0.3, 0.4) is 0 Å². The number of anilines is 1. The number of hydrogen-bond donors (Lipinski definition) is 1. The van der Waals surface area contributed by atoms with Gasteiger partial charge in [0.15, 0.2) is 0 Å². The quantitative estimate of drug-likeness (QED) is 0.615. The lowest BCUT2D eigenvalue weighted by Crippen LogP contribution is -2.44. The molecular weight excluding hydrogens is 446 g/mol. The number of amides is 1. The van der Waals surface area contributed by atoms with Crippen molar-refractivity contribution in [3.8, 4) is 5.75 Å². The Labute approximate surface area is 194 Å². The Morgan fingerprint density at radius 3 is 2.61 bits per heavy atom. The molecule has 0 aliphatic carbocycles. The van der Waals surface area contributed by atoms with Crippen LogP contribution in [-0.2, 0) is 26.6 Å². The molecule has 0 radical (unpaired) electrons. The Kier molecular flexibility index (Phi) is 7.48. The molecule has 180 valence electrons. The molecule has 2 aromatic rings. The number of benzene rings is 1. The molecule has 9 nitrogen and oxygen atoms in total. The highest BCUT2D eigenvalue weighted by atomic mass is 32.2. The number of rotatable bonds is 7. The second kappa shape index (κ2) is 9.96. The molecule has 1 amide bonds. The molecule has 1 N–H and O–H groups in total. The number of carbonyl (C=O) groups excluding carboxylic acids is 2. The zero-order chi connectivity index (χ0) is 24.3.